The third-order valence-electron chi connectivity index (χ3n) is 3.95. The highest BCUT2D eigenvalue weighted by molar-refractivity contribution is 7.17. The van der Waals surface area contributed by atoms with Crippen molar-refractivity contribution in [1.29, 1.82) is 0 Å². The molecule has 0 radical (unpaired) electrons. The van der Waals surface area contributed by atoms with Crippen molar-refractivity contribution in [3.05, 3.63) is 10.6 Å². The number of nitrogens with zero attached hydrogens (tertiary/aromatic N) is 2. The third kappa shape index (κ3) is 3.04. The molecule has 0 bridgehead atoms. The first kappa shape index (κ1) is 14.0. The molecule has 2 aliphatic rings. The van der Waals surface area contributed by atoms with Crippen LogP contribution in [0.1, 0.15) is 60.3 Å². The van der Waals surface area contributed by atoms with Gasteiger partial charge in [-0.2, -0.15) is 0 Å². The van der Waals surface area contributed by atoms with Crippen molar-refractivity contribution < 1.29 is 9.53 Å². The molecule has 3 rings (SSSR count). The second-order valence-corrected chi connectivity index (χ2v) is 6.73. The van der Waals surface area contributed by atoms with E-state index in [0.717, 1.165) is 60.9 Å². The van der Waals surface area contributed by atoms with E-state index in [1.54, 1.807) is 11.3 Å². The molecule has 0 aromatic carbocycles. The van der Waals surface area contributed by atoms with Gasteiger partial charge in [0.25, 0.3) is 0 Å². The van der Waals surface area contributed by atoms with Crippen molar-refractivity contribution in [2.75, 3.05) is 24.6 Å². The van der Waals surface area contributed by atoms with Crippen LogP contribution in [0.15, 0.2) is 0 Å². The normalized spacial score (nSPS) is 23.1. The molecule has 5 heteroatoms. The number of carbonyl (C=O) groups excluding carboxylic acids is 1. The van der Waals surface area contributed by atoms with E-state index >= 15 is 0 Å². The maximum atomic E-state index is 11.2. The van der Waals surface area contributed by atoms with Crippen molar-refractivity contribution in [3.63, 3.8) is 0 Å². The van der Waals surface area contributed by atoms with Crippen LogP contribution in [-0.4, -0.2) is 37.1 Å². The fraction of sp³-hybridized carbons (Fsp3) is 0.733. The maximum absolute atomic E-state index is 11.2. The van der Waals surface area contributed by atoms with Gasteiger partial charge in [0.15, 0.2) is 11.4 Å². The minimum Gasteiger partial charge on any atom is -0.376 e. The van der Waals surface area contributed by atoms with E-state index in [1.807, 2.05) is 0 Å². The van der Waals surface area contributed by atoms with E-state index in [4.69, 9.17) is 9.72 Å². The molecule has 0 spiro atoms. The summed E-state index contributed by atoms with van der Waals surface area (Å²) in [6, 6.07) is 0. The second-order valence-electron chi connectivity index (χ2n) is 5.72. The number of carbonyl (C=O) groups is 1. The standard InChI is InChI=1S/C15H22N2O2S/c1-2-8-19-12-4-3-7-17(9-12)15-16-14(11-5-6-11)13(10-18)20-15/h10-12H,2-9H2,1H3. The number of hydrogen-bond donors (Lipinski definition) is 0. The number of ether oxygens (including phenoxy) is 1. The van der Waals surface area contributed by atoms with Crippen LogP contribution < -0.4 is 4.90 Å². The number of hydrogen-bond acceptors (Lipinski definition) is 5. The molecule has 1 aliphatic heterocycles. The zero-order chi connectivity index (χ0) is 13.9. The summed E-state index contributed by atoms with van der Waals surface area (Å²) in [5, 5.41) is 1.01. The molecule has 4 nitrogen and oxygen atoms in total. The molecule has 1 atom stereocenters. The Bertz CT molecular complexity index is 470. The van der Waals surface area contributed by atoms with Crippen LogP contribution in [0.5, 0.6) is 0 Å². The Kier molecular flexibility index (Phi) is 4.36. The number of thiazole rings is 1. The molecule has 1 aromatic rings. The Labute approximate surface area is 124 Å². The van der Waals surface area contributed by atoms with Gasteiger partial charge in [-0.25, -0.2) is 4.98 Å². The molecular weight excluding hydrogens is 272 g/mol. The van der Waals surface area contributed by atoms with Crippen molar-refractivity contribution in [3.8, 4) is 0 Å². The zero-order valence-electron chi connectivity index (χ0n) is 12.0. The lowest BCUT2D eigenvalue weighted by molar-refractivity contribution is 0.0440. The van der Waals surface area contributed by atoms with Gasteiger partial charge in [0.05, 0.1) is 16.7 Å². The SMILES string of the molecule is CCCOC1CCCN(c2nc(C3CC3)c(C=O)s2)C1. The predicted octanol–water partition coefficient (Wildman–Crippen LogP) is 3.23. The first-order valence-corrected chi connectivity index (χ1v) is 8.46. The van der Waals surface area contributed by atoms with Gasteiger partial charge in [0, 0.05) is 25.6 Å². The van der Waals surface area contributed by atoms with Gasteiger partial charge in [0.1, 0.15) is 0 Å². The molecule has 0 amide bonds. The third-order valence-corrected chi connectivity index (χ3v) is 5.00. The number of anilines is 1. The van der Waals surface area contributed by atoms with Crippen LogP contribution in [0, 0.1) is 0 Å². The molecule has 20 heavy (non-hydrogen) atoms. The summed E-state index contributed by atoms with van der Waals surface area (Å²) >= 11 is 1.55. The van der Waals surface area contributed by atoms with Crippen molar-refractivity contribution >= 4 is 22.8 Å². The molecule has 1 aromatic heterocycles. The second kappa shape index (κ2) is 6.22. The lowest BCUT2D eigenvalue weighted by atomic mass is 10.1. The molecule has 1 unspecified atom stereocenters. The maximum Gasteiger partial charge on any atom is 0.186 e. The minimum absolute atomic E-state index is 0.316. The van der Waals surface area contributed by atoms with E-state index < -0.39 is 0 Å². The predicted molar refractivity (Wildman–Crippen MR) is 81.0 cm³/mol. The zero-order valence-corrected chi connectivity index (χ0v) is 12.8. The summed E-state index contributed by atoms with van der Waals surface area (Å²) in [7, 11) is 0. The Morgan fingerprint density at radius 3 is 3.00 bits per heavy atom. The van der Waals surface area contributed by atoms with Gasteiger partial charge in [-0.1, -0.05) is 18.3 Å². The van der Waals surface area contributed by atoms with Crippen molar-refractivity contribution in [1.82, 2.24) is 4.98 Å². The molecule has 1 saturated carbocycles. The first-order chi connectivity index (χ1) is 9.81. The van der Waals surface area contributed by atoms with Crippen LogP contribution in [0.2, 0.25) is 0 Å². The van der Waals surface area contributed by atoms with E-state index in [9.17, 15) is 4.79 Å². The van der Waals surface area contributed by atoms with E-state index in [0.29, 0.717) is 12.0 Å². The molecule has 2 heterocycles. The number of aldehydes is 1. The van der Waals surface area contributed by atoms with E-state index in [-0.39, 0.29) is 0 Å². The molecule has 1 aliphatic carbocycles. The Morgan fingerprint density at radius 1 is 1.45 bits per heavy atom. The highest BCUT2D eigenvalue weighted by Gasteiger charge is 2.31. The highest BCUT2D eigenvalue weighted by atomic mass is 32.1. The number of aromatic nitrogens is 1. The number of piperidine rings is 1. The fourth-order valence-electron chi connectivity index (χ4n) is 2.73. The van der Waals surface area contributed by atoms with Gasteiger partial charge in [-0.15, -0.1) is 0 Å². The quantitative estimate of drug-likeness (QED) is 0.755. The van der Waals surface area contributed by atoms with E-state index in [1.165, 1.54) is 12.8 Å². The molecule has 1 saturated heterocycles. The van der Waals surface area contributed by atoms with Crippen LogP contribution in [0.4, 0.5) is 5.13 Å². The molecule has 110 valence electrons. The summed E-state index contributed by atoms with van der Waals surface area (Å²) in [6.07, 6.45) is 7.01. The first-order valence-electron chi connectivity index (χ1n) is 7.64. The summed E-state index contributed by atoms with van der Waals surface area (Å²) in [4.78, 5) is 19.1. The highest BCUT2D eigenvalue weighted by Crippen LogP contribution is 2.43. The topological polar surface area (TPSA) is 42.4 Å². The van der Waals surface area contributed by atoms with Crippen molar-refractivity contribution in [2.45, 2.75) is 51.0 Å². The Hall–Kier alpha value is -0.940. The Morgan fingerprint density at radius 2 is 2.30 bits per heavy atom. The largest absolute Gasteiger partial charge is 0.376 e. The Balaban J connectivity index is 1.70. The van der Waals surface area contributed by atoms with E-state index in [2.05, 4.69) is 11.8 Å². The number of rotatable bonds is 6. The van der Waals surface area contributed by atoms with Gasteiger partial charge in [0.2, 0.25) is 0 Å². The van der Waals surface area contributed by atoms with Crippen LogP contribution in [0.3, 0.4) is 0 Å². The molecule has 2 fully saturated rings. The summed E-state index contributed by atoms with van der Waals surface area (Å²) in [6.45, 7) is 4.92. The van der Waals surface area contributed by atoms with Gasteiger partial charge in [-0.05, 0) is 32.1 Å². The molecule has 0 N–H and O–H groups in total. The lowest BCUT2D eigenvalue weighted by Crippen LogP contribution is -2.39. The van der Waals surface area contributed by atoms with Gasteiger partial charge in [-0.3, -0.25) is 4.79 Å². The fourth-order valence-corrected chi connectivity index (χ4v) is 3.73. The minimum atomic E-state index is 0.316. The van der Waals surface area contributed by atoms with Crippen molar-refractivity contribution in [2.24, 2.45) is 0 Å². The molecular formula is C15H22N2O2S. The average molecular weight is 294 g/mol. The van der Waals surface area contributed by atoms with Crippen LogP contribution in [-0.2, 0) is 4.74 Å². The smallest absolute Gasteiger partial charge is 0.186 e. The van der Waals surface area contributed by atoms with Gasteiger partial charge < -0.3 is 9.64 Å². The summed E-state index contributed by atoms with van der Waals surface area (Å²) in [5.41, 5.74) is 1.04. The van der Waals surface area contributed by atoms with Crippen LogP contribution in [0.25, 0.3) is 0 Å². The monoisotopic (exact) mass is 294 g/mol. The summed E-state index contributed by atoms with van der Waals surface area (Å²) < 4.78 is 5.87. The lowest BCUT2D eigenvalue weighted by Gasteiger charge is -2.32. The van der Waals surface area contributed by atoms with Crippen LogP contribution >= 0.6 is 11.3 Å². The average Bonchev–Trinajstić information content (AvgIpc) is 3.24. The summed E-state index contributed by atoms with van der Waals surface area (Å²) in [5.74, 6) is 0.539. The van der Waals surface area contributed by atoms with Gasteiger partial charge >= 0.3 is 0 Å².